The molecule has 1 fully saturated rings. The van der Waals surface area contributed by atoms with Crippen LogP contribution in [0.1, 0.15) is 45.4 Å². The Bertz CT molecular complexity index is 479. The summed E-state index contributed by atoms with van der Waals surface area (Å²) in [5.74, 6) is -0.165. The second-order valence-corrected chi connectivity index (χ2v) is 7.53. The molecule has 3 N–H and O–H groups in total. The zero-order chi connectivity index (χ0) is 18.7. The van der Waals surface area contributed by atoms with Crippen LogP contribution in [-0.2, 0) is 9.59 Å². The lowest BCUT2D eigenvalue weighted by Crippen LogP contribution is -2.52. The minimum atomic E-state index is -0.555. The molecule has 142 valence electrons. The molecule has 1 atom stereocenters. The first-order chi connectivity index (χ1) is 12.0. The maximum Gasteiger partial charge on any atom is 0.247 e. The van der Waals surface area contributed by atoms with Crippen LogP contribution < -0.4 is 11.1 Å². The summed E-state index contributed by atoms with van der Waals surface area (Å²) in [6, 6.07) is -0.555. The molecule has 5 nitrogen and oxygen atoms in total. The van der Waals surface area contributed by atoms with Gasteiger partial charge < -0.3 is 16.0 Å². The third-order valence-electron chi connectivity index (χ3n) is 4.37. The number of halogens is 1. The number of rotatable bonds is 10. The number of nitrogens with zero attached hydrogens (tertiary/aromatic N) is 1. The Morgan fingerprint density at radius 3 is 2.64 bits per heavy atom. The molecule has 1 aliphatic rings. The fraction of sp³-hybridized carbons (Fsp3) is 0.667. The smallest absolute Gasteiger partial charge is 0.247 e. The average Bonchev–Trinajstić information content (AvgIpc) is 2.63. The number of hydrogen-bond acceptors (Lipinski definition) is 4. The van der Waals surface area contributed by atoms with Crippen molar-refractivity contribution in [1.82, 2.24) is 10.2 Å². The molecule has 0 saturated heterocycles. The molecule has 0 aromatic rings. The summed E-state index contributed by atoms with van der Waals surface area (Å²) in [7, 11) is 0. The van der Waals surface area contributed by atoms with Gasteiger partial charge in [0.05, 0.1) is 5.03 Å². The maximum atomic E-state index is 12.8. The van der Waals surface area contributed by atoms with Crippen LogP contribution >= 0.6 is 23.4 Å². The third kappa shape index (κ3) is 7.84. The molecule has 1 saturated carbocycles. The van der Waals surface area contributed by atoms with Gasteiger partial charge in [0.2, 0.25) is 11.8 Å². The van der Waals surface area contributed by atoms with Crippen LogP contribution in [0.15, 0.2) is 23.1 Å². The standard InChI is InChI=1S/C18H30ClN3O2S/c1-3-11-25-14(2)21-18(24)16(12-15-7-5-4-6-8-15)22(10-9-20)17(23)13-19/h3,11,15-16H,2,4-10,12-13,20H2,1H3,(H,21,24)/b11-3-. The monoisotopic (exact) mass is 387 g/mol. The van der Waals surface area contributed by atoms with Crippen molar-refractivity contribution in [2.24, 2.45) is 11.7 Å². The van der Waals surface area contributed by atoms with E-state index in [-0.39, 0.29) is 17.7 Å². The van der Waals surface area contributed by atoms with E-state index in [4.69, 9.17) is 17.3 Å². The highest BCUT2D eigenvalue weighted by atomic mass is 35.5. The molecule has 0 bridgehead atoms. The van der Waals surface area contributed by atoms with Gasteiger partial charge in [-0.25, -0.2) is 0 Å². The molecule has 0 radical (unpaired) electrons. The van der Waals surface area contributed by atoms with Crippen molar-refractivity contribution in [3.63, 3.8) is 0 Å². The maximum absolute atomic E-state index is 12.8. The highest BCUT2D eigenvalue weighted by molar-refractivity contribution is 8.05. The van der Waals surface area contributed by atoms with Crippen molar-refractivity contribution >= 4 is 35.2 Å². The van der Waals surface area contributed by atoms with Crippen LogP contribution in [-0.4, -0.2) is 41.7 Å². The lowest BCUT2D eigenvalue weighted by molar-refractivity contribution is -0.139. The van der Waals surface area contributed by atoms with Crippen LogP contribution in [0.2, 0.25) is 0 Å². The minimum Gasteiger partial charge on any atom is -0.329 e. The molecule has 7 heteroatoms. The predicted molar refractivity (Wildman–Crippen MR) is 106 cm³/mol. The van der Waals surface area contributed by atoms with Gasteiger partial charge in [-0.1, -0.05) is 56.5 Å². The van der Waals surface area contributed by atoms with Gasteiger partial charge in [0.15, 0.2) is 0 Å². The topological polar surface area (TPSA) is 75.4 Å². The summed E-state index contributed by atoms with van der Waals surface area (Å²) in [5.41, 5.74) is 5.66. The normalized spacial score (nSPS) is 16.6. The van der Waals surface area contributed by atoms with Crippen molar-refractivity contribution in [1.29, 1.82) is 0 Å². The zero-order valence-corrected chi connectivity index (χ0v) is 16.6. The van der Waals surface area contributed by atoms with Crippen molar-refractivity contribution in [3.05, 3.63) is 23.1 Å². The summed E-state index contributed by atoms with van der Waals surface area (Å²) >= 11 is 7.10. The van der Waals surface area contributed by atoms with Gasteiger partial charge in [-0.05, 0) is 24.7 Å². The van der Waals surface area contributed by atoms with E-state index in [2.05, 4.69) is 11.9 Å². The van der Waals surface area contributed by atoms with Crippen molar-refractivity contribution in [2.75, 3.05) is 19.0 Å². The summed E-state index contributed by atoms with van der Waals surface area (Å²) in [5, 5.41) is 5.21. The van der Waals surface area contributed by atoms with E-state index in [1.165, 1.54) is 35.9 Å². The second-order valence-electron chi connectivity index (χ2n) is 6.26. The molecule has 0 aliphatic heterocycles. The number of nitrogens with one attached hydrogen (secondary N) is 1. The van der Waals surface area contributed by atoms with Crippen molar-refractivity contribution < 1.29 is 9.59 Å². The molecule has 0 aromatic heterocycles. The van der Waals surface area contributed by atoms with E-state index in [0.29, 0.717) is 30.5 Å². The van der Waals surface area contributed by atoms with E-state index in [0.717, 1.165) is 12.8 Å². The lowest BCUT2D eigenvalue weighted by atomic mass is 9.84. The quantitative estimate of drug-likeness (QED) is 0.564. The Hall–Kier alpha value is -0.980. The van der Waals surface area contributed by atoms with E-state index in [1.54, 1.807) is 0 Å². The molecule has 1 unspecified atom stereocenters. The number of carbonyl (C=O) groups excluding carboxylic acids is 2. The third-order valence-corrected chi connectivity index (χ3v) is 5.40. The number of thioether (sulfide) groups is 1. The van der Waals surface area contributed by atoms with Crippen LogP contribution in [0.3, 0.4) is 0 Å². The Kier molecular flexibility index (Phi) is 10.9. The van der Waals surface area contributed by atoms with Gasteiger partial charge in [-0.3, -0.25) is 9.59 Å². The molecule has 0 aromatic carbocycles. The van der Waals surface area contributed by atoms with Gasteiger partial charge in [0.1, 0.15) is 11.9 Å². The van der Waals surface area contributed by atoms with Crippen LogP contribution in [0.4, 0.5) is 0 Å². The zero-order valence-electron chi connectivity index (χ0n) is 15.0. The SMILES string of the molecule is C=C(NC(=O)C(CC1CCCCC1)N(CCN)C(=O)CCl)S/C=C\C. The fourth-order valence-corrected chi connectivity index (χ4v) is 3.80. The fourth-order valence-electron chi connectivity index (χ4n) is 3.18. The molecule has 0 spiro atoms. The molecule has 25 heavy (non-hydrogen) atoms. The summed E-state index contributed by atoms with van der Waals surface area (Å²) in [4.78, 5) is 26.6. The Labute approximate surface area is 160 Å². The second kappa shape index (κ2) is 12.4. The first-order valence-corrected chi connectivity index (χ1v) is 10.3. The molecule has 2 amide bonds. The van der Waals surface area contributed by atoms with E-state index < -0.39 is 6.04 Å². The molecular formula is C18H30ClN3O2S. The Morgan fingerprint density at radius 2 is 2.08 bits per heavy atom. The van der Waals surface area contributed by atoms with E-state index in [9.17, 15) is 9.59 Å². The van der Waals surface area contributed by atoms with Gasteiger partial charge in [0.25, 0.3) is 0 Å². The first kappa shape index (κ1) is 22.1. The molecular weight excluding hydrogens is 358 g/mol. The molecule has 0 heterocycles. The summed E-state index contributed by atoms with van der Waals surface area (Å²) in [6.07, 6.45) is 8.34. The van der Waals surface area contributed by atoms with Gasteiger partial charge in [-0.2, -0.15) is 0 Å². The lowest BCUT2D eigenvalue weighted by Gasteiger charge is -2.34. The van der Waals surface area contributed by atoms with Gasteiger partial charge in [-0.15, -0.1) is 11.6 Å². The first-order valence-electron chi connectivity index (χ1n) is 8.86. The van der Waals surface area contributed by atoms with E-state index >= 15 is 0 Å². The molecule has 1 aliphatic carbocycles. The number of hydrogen-bond donors (Lipinski definition) is 2. The minimum absolute atomic E-state index is 0.150. The Morgan fingerprint density at radius 1 is 1.40 bits per heavy atom. The largest absolute Gasteiger partial charge is 0.329 e. The Balaban J connectivity index is 2.88. The number of nitrogens with two attached hydrogens (primary N) is 1. The van der Waals surface area contributed by atoms with Crippen LogP contribution in [0.25, 0.3) is 0 Å². The highest BCUT2D eigenvalue weighted by Crippen LogP contribution is 2.29. The van der Waals surface area contributed by atoms with E-state index in [1.807, 2.05) is 18.4 Å². The van der Waals surface area contributed by atoms with Crippen LogP contribution in [0.5, 0.6) is 0 Å². The predicted octanol–water partition coefficient (Wildman–Crippen LogP) is 3.21. The van der Waals surface area contributed by atoms with Gasteiger partial charge >= 0.3 is 0 Å². The molecule has 1 rings (SSSR count). The average molecular weight is 388 g/mol. The highest BCUT2D eigenvalue weighted by Gasteiger charge is 2.32. The summed E-state index contributed by atoms with van der Waals surface area (Å²) < 4.78 is 0. The van der Waals surface area contributed by atoms with Gasteiger partial charge in [0, 0.05) is 13.1 Å². The number of alkyl halides is 1. The van der Waals surface area contributed by atoms with Crippen molar-refractivity contribution in [2.45, 2.75) is 51.5 Å². The number of carbonyl (C=O) groups is 2. The van der Waals surface area contributed by atoms with Crippen molar-refractivity contribution in [3.8, 4) is 0 Å². The number of allylic oxidation sites excluding steroid dienone is 1. The number of amides is 2. The van der Waals surface area contributed by atoms with Crippen LogP contribution in [0, 0.1) is 5.92 Å². The summed E-state index contributed by atoms with van der Waals surface area (Å²) in [6.45, 7) is 6.38.